The van der Waals surface area contributed by atoms with E-state index in [1.165, 1.54) is 18.9 Å². The highest BCUT2D eigenvalue weighted by Crippen LogP contribution is 2.26. The van der Waals surface area contributed by atoms with E-state index in [1.54, 1.807) is 12.1 Å². The highest BCUT2D eigenvalue weighted by molar-refractivity contribution is 5.47. The van der Waals surface area contributed by atoms with Crippen LogP contribution in [0.5, 0.6) is 0 Å². The maximum absolute atomic E-state index is 13.7. The van der Waals surface area contributed by atoms with Crippen molar-refractivity contribution in [3.05, 3.63) is 29.6 Å². The first-order chi connectivity index (χ1) is 8.58. The molecule has 0 radical (unpaired) electrons. The fourth-order valence-corrected chi connectivity index (χ4v) is 2.74. The Morgan fingerprint density at radius 2 is 2.00 bits per heavy atom. The van der Waals surface area contributed by atoms with Crippen LogP contribution in [0.25, 0.3) is 0 Å². The zero-order valence-electron chi connectivity index (χ0n) is 11.3. The van der Waals surface area contributed by atoms with Crippen molar-refractivity contribution >= 4 is 5.69 Å². The monoisotopic (exact) mass is 250 g/mol. The molecule has 3 heteroatoms. The van der Waals surface area contributed by atoms with E-state index in [0.717, 1.165) is 24.9 Å². The first-order valence-electron chi connectivity index (χ1n) is 6.83. The number of likely N-dealkylation sites (tertiary alicyclic amines) is 1. The van der Waals surface area contributed by atoms with Crippen molar-refractivity contribution < 1.29 is 4.39 Å². The zero-order valence-corrected chi connectivity index (χ0v) is 11.3. The van der Waals surface area contributed by atoms with Gasteiger partial charge in [-0.3, -0.25) is 4.90 Å². The fraction of sp³-hybridized carbons (Fsp3) is 0.600. The van der Waals surface area contributed by atoms with Gasteiger partial charge in [0.05, 0.1) is 0 Å². The van der Waals surface area contributed by atoms with Crippen LogP contribution in [0.2, 0.25) is 0 Å². The summed E-state index contributed by atoms with van der Waals surface area (Å²) in [6, 6.07) is 4.94. The second-order valence-electron chi connectivity index (χ2n) is 5.67. The van der Waals surface area contributed by atoms with Crippen molar-refractivity contribution in [3.63, 3.8) is 0 Å². The molecule has 2 rings (SSSR count). The van der Waals surface area contributed by atoms with Crippen molar-refractivity contribution in [3.8, 4) is 0 Å². The Morgan fingerprint density at radius 3 is 2.56 bits per heavy atom. The molecule has 0 aliphatic carbocycles. The molecule has 1 aliphatic heterocycles. The minimum atomic E-state index is -0.180. The highest BCUT2D eigenvalue weighted by atomic mass is 19.1. The van der Waals surface area contributed by atoms with Gasteiger partial charge in [0.25, 0.3) is 0 Å². The Morgan fingerprint density at radius 1 is 1.33 bits per heavy atom. The van der Waals surface area contributed by atoms with Crippen molar-refractivity contribution in [1.29, 1.82) is 0 Å². The topological polar surface area (TPSA) is 29.3 Å². The van der Waals surface area contributed by atoms with Gasteiger partial charge in [-0.05, 0) is 49.9 Å². The van der Waals surface area contributed by atoms with E-state index in [1.807, 2.05) is 0 Å². The summed E-state index contributed by atoms with van der Waals surface area (Å²) in [5, 5.41) is 0. The van der Waals surface area contributed by atoms with E-state index in [0.29, 0.717) is 17.8 Å². The molecular formula is C15H23FN2. The van der Waals surface area contributed by atoms with Crippen molar-refractivity contribution in [1.82, 2.24) is 4.90 Å². The smallest absolute Gasteiger partial charge is 0.129 e. The lowest BCUT2D eigenvalue weighted by atomic mass is 9.86. The van der Waals surface area contributed by atoms with Crippen molar-refractivity contribution in [2.24, 2.45) is 11.8 Å². The van der Waals surface area contributed by atoms with Gasteiger partial charge in [0.15, 0.2) is 0 Å². The van der Waals surface area contributed by atoms with Crippen LogP contribution in [0, 0.1) is 17.7 Å². The number of rotatable bonds is 3. The van der Waals surface area contributed by atoms with Gasteiger partial charge < -0.3 is 5.73 Å². The molecule has 0 amide bonds. The van der Waals surface area contributed by atoms with Crippen LogP contribution in [0.3, 0.4) is 0 Å². The van der Waals surface area contributed by atoms with Crippen LogP contribution in [-0.4, -0.2) is 18.0 Å². The average Bonchev–Trinajstić information content (AvgIpc) is 2.34. The molecule has 0 aromatic heterocycles. The standard InChI is InChI=1S/C15H23FN2/c1-11(2)12-6-8-18(9-7-12)10-13-14(16)4-3-5-15(13)17/h3-5,11-12H,6-10,17H2,1-2H3. The lowest BCUT2D eigenvalue weighted by Gasteiger charge is -2.34. The molecule has 1 aromatic carbocycles. The van der Waals surface area contributed by atoms with E-state index < -0.39 is 0 Å². The molecule has 0 unspecified atom stereocenters. The molecule has 1 aromatic rings. The van der Waals surface area contributed by atoms with E-state index in [9.17, 15) is 4.39 Å². The second-order valence-corrected chi connectivity index (χ2v) is 5.67. The molecule has 18 heavy (non-hydrogen) atoms. The van der Waals surface area contributed by atoms with Crippen LogP contribution >= 0.6 is 0 Å². The number of benzene rings is 1. The minimum Gasteiger partial charge on any atom is -0.398 e. The summed E-state index contributed by atoms with van der Waals surface area (Å²) in [6.45, 7) is 7.32. The Kier molecular flexibility index (Phi) is 4.23. The number of hydrogen-bond donors (Lipinski definition) is 1. The van der Waals surface area contributed by atoms with Crippen LogP contribution in [0.1, 0.15) is 32.3 Å². The fourth-order valence-electron chi connectivity index (χ4n) is 2.74. The third-order valence-corrected chi connectivity index (χ3v) is 4.11. The zero-order chi connectivity index (χ0) is 13.1. The summed E-state index contributed by atoms with van der Waals surface area (Å²) in [5.74, 6) is 1.39. The number of nitrogen functional groups attached to an aromatic ring is 1. The van der Waals surface area contributed by atoms with Crippen LogP contribution in [0.4, 0.5) is 10.1 Å². The van der Waals surface area contributed by atoms with Gasteiger partial charge in [-0.1, -0.05) is 19.9 Å². The summed E-state index contributed by atoms with van der Waals surface area (Å²) >= 11 is 0. The van der Waals surface area contributed by atoms with E-state index in [-0.39, 0.29) is 5.82 Å². The van der Waals surface area contributed by atoms with Crippen LogP contribution in [0.15, 0.2) is 18.2 Å². The summed E-state index contributed by atoms with van der Waals surface area (Å²) in [5.41, 5.74) is 7.07. The predicted molar refractivity (Wildman–Crippen MR) is 73.7 cm³/mol. The molecule has 1 saturated heterocycles. The number of anilines is 1. The van der Waals surface area contributed by atoms with Gasteiger partial charge in [-0.15, -0.1) is 0 Å². The molecule has 2 nitrogen and oxygen atoms in total. The van der Waals surface area contributed by atoms with E-state index in [4.69, 9.17) is 5.73 Å². The van der Waals surface area contributed by atoms with Gasteiger partial charge in [0, 0.05) is 17.8 Å². The summed E-state index contributed by atoms with van der Waals surface area (Å²) in [6.07, 6.45) is 2.43. The first kappa shape index (κ1) is 13.3. The predicted octanol–water partition coefficient (Wildman–Crippen LogP) is 3.28. The molecule has 0 bridgehead atoms. The molecular weight excluding hydrogens is 227 g/mol. The summed E-state index contributed by atoms with van der Waals surface area (Å²) in [4.78, 5) is 2.31. The first-order valence-corrected chi connectivity index (χ1v) is 6.83. The molecule has 1 heterocycles. The number of hydrogen-bond acceptors (Lipinski definition) is 2. The molecule has 100 valence electrons. The number of halogens is 1. The highest BCUT2D eigenvalue weighted by Gasteiger charge is 2.22. The molecule has 0 spiro atoms. The molecule has 0 saturated carbocycles. The molecule has 0 atom stereocenters. The van der Waals surface area contributed by atoms with E-state index >= 15 is 0 Å². The summed E-state index contributed by atoms with van der Waals surface area (Å²) in [7, 11) is 0. The quantitative estimate of drug-likeness (QED) is 0.834. The normalized spacial score (nSPS) is 18.4. The average molecular weight is 250 g/mol. The lowest BCUT2D eigenvalue weighted by molar-refractivity contribution is 0.151. The van der Waals surface area contributed by atoms with Crippen molar-refractivity contribution in [2.75, 3.05) is 18.8 Å². The maximum Gasteiger partial charge on any atom is 0.129 e. The Balaban J connectivity index is 1.96. The third kappa shape index (κ3) is 3.02. The van der Waals surface area contributed by atoms with Gasteiger partial charge in [-0.25, -0.2) is 4.39 Å². The molecule has 1 aliphatic rings. The third-order valence-electron chi connectivity index (χ3n) is 4.11. The Hall–Kier alpha value is -1.09. The van der Waals surface area contributed by atoms with Crippen molar-refractivity contribution in [2.45, 2.75) is 33.2 Å². The Bertz CT molecular complexity index is 375. The number of piperidine rings is 1. The Labute approximate surface area is 109 Å². The summed E-state index contributed by atoms with van der Waals surface area (Å²) < 4.78 is 13.7. The number of nitrogens with two attached hydrogens (primary N) is 1. The van der Waals surface area contributed by atoms with Gasteiger partial charge in [0.2, 0.25) is 0 Å². The SMILES string of the molecule is CC(C)C1CCN(Cc2c(N)cccc2F)CC1. The van der Waals surface area contributed by atoms with E-state index in [2.05, 4.69) is 18.7 Å². The largest absolute Gasteiger partial charge is 0.398 e. The number of nitrogens with zero attached hydrogens (tertiary/aromatic N) is 1. The van der Waals surface area contributed by atoms with Crippen LogP contribution < -0.4 is 5.73 Å². The van der Waals surface area contributed by atoms with Gasteiger partial charge in [0.1, 0.15) is 5.82 Å². The van der Waals surface area contributed by atoms with Gasteiger partial charge >= 0.3 is 0 Å². The van der Waals surface area contributed by atoms with Gasteiger partial charge in [-0.2, -0.15) is 0 Å². The maximum atomic E-state index is 13.7. The lowest BCUT2D eigenvalue weighted by Crippen LogP contribution is -2.35. The second kappa shape index (κ2) is 5.70. The molecule has 2 N–H and O–H groups in total. The minimum absolute atomic E-state index is 0.180. The van der Waals surface area contributed by atoms with Crippen LogP contribution in [-0.2, 0) is 6.54 Å². The molecule has 1 fully saturated rings.